The smallest absolute Gasteiger partial charge is 0.137 e. The highest BCUT2D eigenvalue weighted by molar-refractivity contribution is 9.10. The standard InChI is InChI=1S/C16H18BrFN2/c1-3-11-7-5-9-20-16(11)14(19-2)10-12-6-4-8-13(18)15(12)17/h4-9,14,19H,3,10H2,1-2H3. The molecule has 0 aliphatic heterocycles. The highest BCUT2D eigenvalue weighted by Gasteiger charge is 2.17. The van der Waals surface area contributed by atoms with E-state index in [1.54, 1.807) is 12.3 Å². The number of hydrogen-bond acceptors (Lipinski definition) is 2. The summed E-state index contributed by atoms with van der Waals surface area (Å²) < 4.78 is 14.1. The van der Waals surface area contributed by atoms with Gasteiger partial charge < -0.3 is 5.32 Å². The molecule has 0 bridgehead atoms. The van der Waals surface area contributed by atoms with Gasteiger partial charge in [0.05, 0.1) is 16.2 Å². The minimum Gasteiger partial charge on any atom is -0.311 e. The Labute approximate surface area is 127 Å². The summed E-state index contributed by atoms with van der Waals surface area (Å²) in [4.78, 5) is 4.50. The molecular formula is C16H18BrFN2. The van der Waals surface area contributed by atoms with Crippen molar-refractivity contribution in [3.05, 3.63) is 63.6 Å². The van der Waals surface area contributed by atoms with Crippen LogP contribution in [0.3, 0.4) is 0 Å². The molecule has 4 heteroatoms. The van der Waals surface area contributed by atoms with Crippen molar-refractivity contribution in [3.63, 3.8) is 0 Å². The summed E-state index contributed by atoms with van der Waals surface area (Å²) in [6, 6.07) is 9.25. The Morgan fingerprint density at radius 1 is 1.25 bits per heavy atom. The van der Waals surface area contributed by atoms with Crippen molar-refractivity contribution in [2.45, 2.75) is 25.8 Å². The van der Waals surface area contributed by atoms with E-state index in [9.17, 15) is 4.39 Å². The van der Waals surface area contributed by atoms with Gasteiger partial charge in [-0.25, -0.2) is 4.39 Å². The highest BCUT2D eigenvalue weighted by Crippen LogP contribution is 2.26. The topological polar surface area (TPSA) is 24.9 Å². The molecule has 1 aromatic carbocycles. The van der Waals surface area contributed by atoms with Gasteiger partial charge in [-0.15, -0.1) is 0 Å². The van der Waals surface area contributed by atoms with Crippen LogP contribution in [0.1, 0.15) is 29.8 Å². The molecule has 20 heavy (non-hydrogen) atoms. The molecule has 1 heterocycles. The van der Waals surface area contributed by atoms with Gasteiger partial charge in [-0.3, -0.25) is 4.98 Å². The fourth-order valence-corrected chi connectivity index (χ4v) is 2.75. The summed E-state index contributed by atoms with van der Waals surface area (Å²) >= 11 is 3.32. The third kappa shape index (κ3) is 3.25. The van der Waals surface area contributed by atoms with Crippen LogP contribution in [0.4, 0.5) is 4.39 Å². The fraction of sp³-hybridized carbons (Fsp3) is 0.312. The fourth-order valence-electron chi connectivity index (χ4n) is 2.33. The van der Waals surface area contributed by atoms with E-state index in [2.05, 4.69) is 39.2 Å². The first kappa shape index (κ1) is 15.1. The van der Waals surface area contributed by atoms with Crippen LogP contribution in [0.5, 0.6) is 0 Å². The lowest BCUT2D eigenvalue weighted by Gasteiger charge is -2.19. The first-order chi connectivity index (χ1) is 9.67. The lowest BCUT2D eigenvalue weighted by molar-refractivity contribution is 0.562. The van der Waals surface area contributed by atoms with Crippen molar-refractivity contribution in [3.8, 4) is 0 Å². The zero-order chi connectivity index (χ0) is 14.5. The number of pyridine rings is 1. The normalized spacial score (nSPS) is 12.4. The summed E-state index contributed by atoms with van der Waals surface area (Å²) in [6.45, 7) is 2.12. The molecule has 0 fully saturated rings. The van der Waals surface area contributed by atoms with Gasteiger partial charge in [0, 0.05) is 6.20 Å². The monoisotopic (exact) mass is 336 g/mol. The zero-order valence-corrected chi connectivity index (χ0v) is 13.2. The Bertz CT molecular complexity index is 586. The van der Waals surface area contributed by atoms with E-state index in [4.69, 9.17) is 0 Å². The first-order valence-electron chi connectivity index (χ1n) is 6.71. The first-order valence-corrected chi connectivity index (χ1v) is 7.50. The Balaban J connectivity index is 2.31. The van der Waals surface area contributed by atoms with E-state index in [0.717, 1.165) is 17.7 Å². The largest absolute Gasteiger partial charge is 0.311 e. The summed E-state index contributed by atoms with van der Waals surface area (Å²) in [7, 11) is 1.91. The van der Waals surface area contributed by atoms with Crippen LogP contribution in [0.15, 0.2) is 41.0 Å². The number of nitrogens with zero attached hydrogens (tertiary/aromatic N) is 1. The molecule has 0 aliphatic rings. The maximum atomic E-state index is 13.6. The van der Waals surface area contributed by atoms with Crippen molar-refractivity contribution in [1.82, 2.24) is 10.3 Å². The number of nitrogens with one attached hydrogen (secondary N) is 1. The predicted molar refractivity (Wildman–Crippen MR) is 83.2 cm³/mol. The molecule has 2 rings (SSSR count). The molecule has 0 amide bonds. The average molecular weight is 337 g/mol. The second-order valence-electron chi connectivity index (χ2n) is 4.66. The molecule has 0 aliphatic carbocycles. The summed E-state index contributed by atoms with van der Waals surface area (Å²) in [5, 5.41) is 3.28. The van der Waals surface area contributed by atoms with Gasteiger partial charge in [0.15, 0.2) is 0 Å². The maximum Gasteiger partial charge on any atom is 0.137 e. The Morgan fingerprint density at radius 2 is 2.00 bits per heavy atom. The quantitative estimate of drug-likeness (QED) is 0.890. The minimum absolute atomic E-state index is 0.0734. The number of aromatic nitrogens is 1. The van der Waals surface area contributed by atoms with Crippen molar-refractivity contribution in [1.29, 1.82) is 0 Å². The van der Waals surface area contributed by atoms with Gasteiger partial charge in [-0.2, -0.15) is 0 Å². The van der Waals surface area contributed by atoms with Crippen molar-refractivity contribution in [2.24, 2.45) is 0 Å². The molecule has 0 radical (unpaired) electrons. The van der Waals surface area contributed by atoms with Gasteiger partial charge in [0.25, 0.3) is 0 Å². The number of benzene rings is 1. The van der Waals surface area contributed by atoms with Gasteiger partial charge in [0.2, 0.25) is 0 Å². The van der Waals surface area contributed by atoms with Gasteiger partial charge in [0.1, 0.15) is 5.82 Å². The summed E-state index contributed by atoms with van der Waals surface area (Å²) in [5.41, 5.74) is 3.20. The molecule has 1 aromatic heterocycles. The van der Waals surface area contributed by atoms with Gasteiger partial charge in [-0.1, -0.05) is 25.1 Å². The van der Waals surface area contributed by atoms with E-state index in [0.29, 0.717) is 10.9 Å². The maximum absolute atomic E-state index is 13.6. The van der Waals surface area contributed by atoms with E-state index in [1.165, 1.54) is 11.6 Å². The molecule has 0 spiro atoms. The van der Waals surface area contributed by atoms with Crippen LogP contribution in [0.25, 0.3) is 0 Å². The van der Waals surface area contributed by atoms with Crippen molar-refractivity contribution in [2.75, 3.05) is 7.05 Å². The number of rotatable bonds is 5. The molecule has 1 atom stereocenters. The van der Waals surface area contributed by atoms with E-state index in [-0.39, 0.29) is 11.9 Å². The molecule has 2 nitrogen and oxygen atoms in total. The second kappa shape index (κ2) is 6.95. The predicted octanol–water partition coefficient (Wildman–Crippen LogP) is 4.05. The lowest BCUT2D eigenvalue weighted by atomic mass is 9.98. The molecule has 106 valence electrons. The van der Waals surface area contributed by atoms with Crippen molar-refractivity contribution >= 4 is 15.9 Å². The highest BCUT2D eigenvalue weighted by atomic mass is 79.9. The summed E-state index contributed by atoms with van der Waals surface area (Å²) in [6.07, 6.45) is 3.43. The Kier molecular flexibility index (Phi) is 5.26. The Morgan fingerprint density at radius 3 is 2.70 bits per heavy atom. The lowest BCUT2D eigenvalue weighted by Crippen LogP contribution is -2.21. The van der Waals surface area contributed by atoms with E-state index in [1.807, 2.05) is 19.2 Å². The van der Waals surface area contributed by atoms with Crippen LogP contribution in [0.2, 0.25) is 0 Å². The summed E-state index contributed by atoms with van der Waals surface area (Å²) in [5.74, 6) is -0.228. The minimum atomic E-state index is -0.228. The van der Waals surface area contributed by atoms with Crippen LogP contribution < -0.4 is 5.32 Å². The SMILES string of the molecule is CCc1cccnc1C(Cc1cccc(F)c1Br)NC. The van der Waals surface area contributed by atoms with Crippen molar-refractivity contribution < 1.29 is 4.39 Å². The van der Waals surface area contributed by atoms with Crippen LogP contribution in [0, 0.1) is 5.82 Å². The zero-order valence-electron chi connectivity index (χ0n) is 11.7. The van der Waals surface area contributed by atoms with Crippen LogP contribution >= 0.6 is 15.9 Å². The third-order valence-corrected chi connectivity index (χ3v) is 4.33. The number of aryl methyl sites for hydroxylation is 1. The Hall–Kier alpha value is -1.26. The van der Waals surface area contributed by atoms with Gasteiger partial charge >= 0.3 is 0 Å². The molecule has 1 unspecified atom stereocenters. The van der Waals surface area contributed by atoms with Crippen LogP contribution in [-0.2, 0) is 12.8 Å². The number of likely N-dealkylation sites (N-methyl/N-ethyl adjacent to an activating group) is 1. The number of hydrogen-bond donors (Lipinski definition) is 1. The van der Waals surface area contributed by atoms with Gasteiger partial charge in [-0.05, 0) is 59.1 Å². The molecule has 0 saturated heterocycles. The molecule has 1 N–H and O–H groups in total. The molecule has 0 saturated carbocycles. The average Bonchev–Trinajstić information content (AvgIpc) is 2.49. The third-order valence-electron chi connectivity index (χ3n) is 3.44. The van der Waals surface area contributed by atoms with Crippen LogP contribution in [-0.4, -0.2) is 12.0 Å². The van der Waals surface area contributed by atoms with E-state index >= 15 is 0 Å². The molecule has 2 aromatic rings. The van der Waals surface area contributed by atoms with E-state index < -0.39 is 0 Å². The molecular weight excluding hydrogens is 319 g/mol. The second-order valence-corrected chi connectivity index (χ2v) is 5.45. The number of halogens is 2.